The van der Waals surface area contributed by atoms with E-state index in [9.17, 15) is 9.59 Å². The number of nitrogens with zero attached hydrogens (tertiary/aromatic N) is 2. The highest BCUT2D eigenvalue weighted by atomic mass is 16.3. The highest BCUT2D eigenvalue weighted by Crippen LogP contribution is 2.27. The van der Waals surface area contributed by atoms with E-state index in [0.29, 0.717) is 39.3 Å². The van der Waals surface area contributed by atoms with Crippen molar-refractivity contribution in [3.8, 4) is 0 Å². The second-order valence-corrected chi connectivity index (χ2v) is 6.82. The number of rotatable bonds is 7. The number of furan rings is 1. The lowest BCUT2D eigenvalue weighted by Gasteiger charge is -2.33. The molecule has 0 unspecified atom stereocenters. The molecule has 3 rings (SSSR count). The molecule has 2 aromatic rings. The van der Waals surface area contributed by atoms with E-state index < -0.39 is 0 Å². The van der Waals surface area contributed by atoms with E-state index >= 15 is 0 Å². The molecule has 28 heavy (non-hydrogen) atoms. The average molecular weight is 381 g/mol. The van der Waals surface area contributed by atoms with Crippen LogP contribution < -0.4 is 5.32 Å². The lowest BCUT2D eigenvalue weighted by Crippen LogP contribution is -2.50. The van der Waals surface area contributed by atoms with E-state index in [2.05, 4.69) is 16.8 Å². The monoisotopic (exact) mass is 381 g/mol. The van der Waals surface area contributed by atoms with Gasteiger partial charge in [-0.15, -0.1) is 6.58 Å². The number of benzene rings is 1. The second-order valence-electron chi connectivity index (χ2n) is 6.82. The van der Waals surface area contributed by atoms with E-state index in [4.69, 9.17) is 4.42 Å². The first-order valence-electron chi connectivity index (χ1n) is 9.69. The highest BCUT2D eigenvalue weighted by Gasteiger charge is 2.21. The third-order valence-corrected chi connectivity index (χ3v) is 4.92. The summed E-state index contributed by atoms with van der Waals surface area (Å²) in [5, 5.41) is 3.80. The van der Waals surface area contributed by atoms with Gasteiger partial charge in [0.05, 0.1) is 6.54 Å². The van der Waals surface area contributed by atoms with Crippen LogP contribution in [0, 0.1) is 0 Å². The molecule has 6 nitrogen and oxygen atoms in total. The molecule has 1 aromatic heterocycles. The molecule has 2 heterocycles. The zero-order valence-electron chi connectivity index (χ0n) is 16.3. The van der Waals surface area contributed by atoms with Gasteiger partial charge in [-0.1, -0.05) is 31.2 Å². The van der Waals surface area contributed by atoms with Crippen molar-refractivity contribution >= 4 is 28.9 Å². The van der Waals surface area contributed by atoms with Gasteiger partial charge in [0.15, 0.2) is 0 Å². The Morgan fingerprint density at radius 2 is 1.96 bits per heavy atom. The average Bonchev–Trinajstić information content (AvgIpc) is 3.08. The van der Waals surface area contributed by atoms with Crippen molar-refractivity contribution in [2.45, 2.75) is 13.3 Å². The fourth-order valence-electron chi connectivity index (χ4n) is 3.39. The molecular weight excluding hydrogens is 354 g/mol. The van der Waals surface area contributed by atoms with Gasteiger partial charge in [-0.05, 0) is 12.1 Å². The van der Waals surface area contributed by atoms with Gasteiger partial charge in [-0.2, -0.15) is 0 Å². The summed E-state index contributed by atoms with van der Waals surface area (Å²) in [6.45, 7) is 9.07. The molecular formula is C22H27N3O3. The Morgan fingerprint density at radius 1 is 1.21 bits per heavy atom. The van der Waals surface area contributed by atoms with Crippen molar-refractivity contribution < 1.29 is 14.0 Å². The molecule has 1 aromatic carbocycles. The van der Waals surface area contributed by atoms with E-state index in [-0.39, 0.29) is 11.8 Å². The van der Waals surface area contributed by atoms with E-state index in [1.54, 1.807) is 12.2 Å². The molecule has 0 bridgehead atoms. The van der Waals surface area contributed by atoms with Gasteiger partial charge in [-0.3, -0.25) is 14.5 Å². The summed E-state index contributed by atoms with van der Waals surface area (Å²) in [6.07, 6.45) is 5.92. The summed E-state index contributed by atoms with van der Waals surface area (Å²) in [7, 11) is 0. The molecule has 0 spiro atoms. The predicted molar refractivity (Wildman–Crippen MR) is 111 cm³/mol. The lowest BCUT2D eigenvalue weighted by atomic mass is 10.1. The van der Waals surface area contributed by atoms with Crippen molar-refractivity contribution in [1.82, 2.24) is 15.1 Å². The Balaban J connectivity index is 1.58. The molecule has 1 aliphatic rings. The van der Waals surface area contributed by atoms with Gasteiger partial charge in [-0.25, -0.2) is 0 Å². The van der Waals surface area contributed by atoms with Crippen molar-refractivity contribution in [1.29, 1.82) is 0 Å². The van der Waals surface area contributed by atoms with E-state index in [0.717, 1.165) is 28.7 Å². The Kier molecular flexibility index (Phi) is 6.66. The minimum absolute atomic E-state index is 0.0110. The first-order chi connectivity index (χ1) is 13.6. The summed E-state index contributed by atoms with van der Waals surface area (Å²) in [6, 6.07) is 7.87. The topological polar surface area (TPSA) is 65.8 Å². The molecule has 1 N–H and O–H groups in total. The number of hydrogen-bond donors (Lipinski definition) is 1. The fourth-order valence-corrected chi connectivity index (χ4v) is 3.39. The molecule has 1 aliphatic heterocycles. The van der Waals surface area contributed by atoms with Crippen molar-refractivity contribution in [3.05, 3.63) is 54.3 Å². The van der Waals surface area contributed by atoms with Gasteiger partial charge >= 0.3 is 0 Å². The van der Waals surface area contributed by atoms with E-state index in [1.807, 2.05) is 42.2 Å². The van der Waals surface area contributed by atoms with Crippen molar-refractivity contribution in [2.75, 3.05) is 39.3 Å². The maximum atomic E-state index is 12.6. The zero-order chi connectivity index (χ0) is 19.9. The Bertz CT molecular complexity index is 876. The predicted octanol–water partition coefficient (Wildman–Crippen LogP) is 2.45. The zero-order valence-corrected chi connectivity index (χ0v) is 16.3. The molecule has 0 saturated carbocycles. The van der Waals surface area contributed by atoms with Crippen LogP contribution in [0.4, 0.5) is 0 Å². The smallest absolute Gasteiger partial charge is 0.246 e. The fraction of sp³-hybridized carbons (Fsp3) is 0.364. The number of para-hydroxylation sites is 1. The van der Waals surface area contributed by atoms with Crippen LogP contribution in [0.5, 0.6) is 0 Å². The maximum Gasteiger partial charge on any atom is 0.246 e. The van der Waals surface area contributed by atoms with Crippen LogP contribution in [0.3, 0.4) is 0 Å². The number of amides is 2. The van der Waals surface area contributed by atoms with Gasteiger partial charge in [0, 0.05) is 56.2 Å². The van der Waals surface area contributed by atoms with Gasteiger partial charge in [0.1, 0.15) is 11.3 Å². The van der Waals surface area contributed by atoms with Gasteiger partial charge in [0.25, 0.3) is 0 Å². The quantitative estimate of drug-likeness (QED) is 0.591. The second kappa shape index (κ2) is 9.37. The molecule has 1 saturated heterocycles. The molecule has 1 fully saturated rings. The summed E-state index contributed by atoms with van der Waals surface area (Å²) in [5.41, 5.74) is 1.82. The Labute approximate surface area is 165 Å². The number of hydrogen-bond acceptors (Lipinski definition) is 4. The van der Waals surface area contributed by atoms with Crippen LogP contribution in [0.1, 0.15) is 18.2 Å². The molecule has 0 radical (unpaired) electrons. The summed E-state index contributed by atoms with van der Waals surface area (Å²) in [5.74, 6) is 0.863. The third-order valence-electron chi connectivity index (χ3n) is 4.92. The normalized spacial score (nSPS) is 15.2. The van der Waals surface area contributed by atoms with Crippen LogP contribution in [-0.2, 0) is 16.0 Å². The molecule has 0 atom stereocenters. The highest BCUT2D eigenvalue weighted by molar-refractivity contribution is 5.96. The van der Waals surface area contributed by atoms with Crippen LogP contribution in [0.25, 0.3) is 17.0 Å². The Hall–Kier alpha value is -2.86. The van der Waals surface area contributed by atoms with Gasteiger partial charge in [0.2, 0.25) is 11.8 Å². The van der Waals surface area contributed by atoms with Crippen LogP contribution in [0.15, 0.2) is 47.4 Å². The van der Waals surface area contributed by atoms with E-state index in [1.165, 1.54) is 0 Å². The standard InChI is InChI=1S/C22H27N3O3/c1-3-11-23-21(26)16-24-12-14-25(15-13-24)22(27)10-9-18-17-7-5-6-8-20(17)28-19(18)4-2/h3,5-10H,1,4,11-16H2,2H3,(H,23,26)/b10-9-. The number of carbonyl (C=O) groups is 2. The summed E-state index contributed by atoms with van der Waals surface area (Å²) >= 11 is 0. The number of fused-ring (bicyclic) bond motifs is 1. The van der Waals surface area contributed by atoms with Crippen LogP contribution in [0.2, 0.25) is 0 Å². The van der Waals surface area contributed by atoms with Crippen LogP contribution >= 0.6 is 0 Å². The van der Waals surface area contributed by atoms with Crippen molar-refractivity contribution in [2.24, 2.45) is 0 Å². The largest absolute Gasteiger partial charge is 0.460 e. The molecule has 148 valence electrons. The van der Waals surface area contributed by atoms with Crippen molar-refractivity contribution in [3.63, 3.8) is 0 Å². The van der Waals surface area contributed by atoms with Gasteiger partial charge < -0.3 is 14.6 Å². The number of aryl methyl sites for hydroxylation is 1. The first kappa shape index (κ1) is 19.9. The number of carbonyl (C=O) groups excluding carboxylic acids is 2. The lowest BCUT2D eigenvalue weighted by molar-refractivity contribution is -0.128. The third kappa shape index (κ3) is 4.70. The molecule has 0 aliphatic carbocycles. The SMILES string of the molecule is C=CCNC(=O)CN1CCN(C(=O)/C=C\c2c(CC)oc3ccccc23)CC1. The minimum Gasteiger partial charge on any atom is -0.460 e. The van der Waals surface area contributed by atoms with Crippen LogP contribution in [-0.4, -0.2) is 60.9 Å². The molecule has 6 heteroatoms. The number of piperazine rings is 1. The minimum atomic E-state index is -0.0153. The molecule has 2 amide bonds. The first-order valence-corrected chi connectivity index (χ1v) is 9.69. The Morgan fingerprint density at radius 3 is 2.68 bits per heavy atom. The summed E-state index contributed by atoms with van der Waals surface area (Å²) < 4.78 is 5.88. The maximum absolute atomic E-state index is 12.6. The number of nitrogens with one attached hydrogen (secondary N) is 1. The summed E-state index contributed by atoms with van der Waals surface area (Å²) in [4.78, 5) is 28.3.